The summed E-state index contributed by atoms with van der Waals surface area (Å²) in [6, 6.07) is 17.6. The van der Waals surface area contributed by atoms with Crippen molar-refractivity contribution in [3.8, 4) is 11.1 Å². The molecule has 0 radical (unpaired) electrons. The van der Waals surface area contributed by atoms with Gasteiger partial charge in [-0.3, -0.25) is 5.14 Å². The molecular formula is C16H19NS. The molecule has 0 saturated carbocycles. The summed E-state index contributed by atoms with van der Waals surface area (Å²) in [5.74, 6) is 0.977. The molecule has 2 heteroatoms. The minimum absolute atomic E-state index is 0.977. The molecule has 0 aliphatic rings. The Morgan fingerprint density at radius 3 is 1.78 bits per heavy atom. The summed E-state index contributed by atoms with van der Waals surface area (Å²) in [7, 11) is 0. The fraction of sp³-hybridized carbons (Fsp3) is 0.250. The predicted octanol–water partition coefficient (Wildman–Crippen LogP) is 4.07. The molecule has 0 saturated heterocycles. The Labute approximate surface area is 114 Å². The number of rotatable bonds is 5. The maximum atomic E-state index is 5.44. The average Bonchev–Trinajstić information content (AvgIpc) is 2.46. The first-order chi connectivity index (χ1) is 8.83. The first-order valence-electron chi connectivity index (χ1n) is 6.33. The van der Waals surface area contributed by atoms with Crippen LogP contribution in [-0.4, -0.2) is 5.75 Å². The van der Waals surface area contributed by atoms with Crippen molar-refractivity contribution in [1.29, 1.82) is 0 Å². The van der Waals surface area contributed by atoms with E-state index in [-0.39, 0.29) is 0 Å². The summed E-state index contributed by atoms with van der Waals surface area (Å²) >= 11 is 1.40. The molecule has 0 aromatic heterocycles. The summed E-state index contributed by atoms with van der Waals surface area (Å²) in [5.41, 5.74) is 5.30. The Kier molecular flexibility index (Phi) is 4.85. The largest absolute Gasteiger partial charge is 0.278 e. The molecule has 0 heterocycles. The monoisotopic (exact) mass is 257 g/mol. The first-order valence-corrected chi connectivity index (χ1v) is 7.38. The van der Waals surface area contributed by atoms with Crippen LogP contribution in [0.25, 0.3) is 11.1 Å². The lowest BCUT2D eigenvalue weighted by atomic mass is 10.0. The molecule has 2 aromatic rings. The van der Waals surface area contributed by atoms with Crippen LogP contribution in [0, 0.1) is 0 Å². The Hall–Kier alpha value is -1.25. The summed E-state index contributed by atoms with van der Waals surface area (Å²) in [4.78, 5) is 0. The lowest BCUT2D eigenvalue weighted by Gasteiger charge is -2.05. The average molecular weight is 257 g/mol. The minimum atomic E-state index is 0.977. The lowest BCUT2D eigenvalue weighted by molar-refractivity contribution is 1.14. The van der Waals surface area contributed by atoms with Crippen LogP contribution in [0.4, 0.5) is 0 Å². The lowest BCUT2D eigenvalue weighted by Crippen LogP contribution is -1.91. The van der Waals surface area contributed by atoms with Gasteiger partial charge in [0.05, 0.1) is 0 Å². The van der Waals surface area contributed by atoms with E-state index in [1.54, 1.807) is 0 Å². The van der Waals surface area contributed by atoms with Crippen molar-refractivity contribution in [2.24, 2.45) is 5.14 Å². The molecule has 0 amide bonds. The maximum Gasteiger partial charge on any atom is 0.0117 e. The molecule has 94 valence electrons. The van der Waals surface area contributed by atoms with Crippen molar-refractivity contribution in [2.45, 2.75) is 19.8 Å². The fourth-order valence-corrected chi connectivity index (χ4v) is 2.33. The SMILES string of the molecule is CCc1ccc(-c2ccc(CCSN)cc2)cc1. The Morgan fingerprint density at radius 2 is 1.33 bits per heavy atom. The third-order valence-corrected chi connectivity index (χ3v) is 3.60. The maximum absolute atomic E-state index is 5.44. The molecule has 2 N–H and O–H groups in total. The van der Waals surface area contributed by atoms with Gasteiger partial charge in [0.15, 0.2) is 0 Å². The smallest absolute Gasteiger partial charge is 0.0117 e. The van der Waals surface area contributed by atoms with Crippen LogP contribution in [0.15, 0.2) is 48.5 Å². The van der Waals surface area contributed by atoms with Crippen LogP contribution >= 0.6 is 11.9 Å². The highest BCUT2D eigenvalue weighted by Crippen LogP contribution is 2.20. The number of nitrogens with two attached hydrogens (primary N) is 1. The van der Waals surface area contributed by atoms with Crippen molar-refractivity contribution in [1.82, 2.24) is 0 Å². The molecule has 0 aliphatic heterocycles. The van der Waals surface area contributed by atoms with E-state index in [0.29, 0.717) is 0 Å². The highest BCUT2D eigenvalue weighted by Gasteiger charge is 1.98. The van der Waals surface area contributed by atoms with Gasteiger partial charge in [0.25, 0.3) is 0 Å². The highest BCUT2D eigenvalue weighted by molar-refractivity contribution is 7.97. The van der Waals surface area contributed by atoms with Gasteiger partial charge in [-0.15, -0.1) is 0 Å². The number of hydrogen-bond donors (Lipinski definition) is 1. The van der Waals surface area contributed by atoms with E-state index in [1.807, 2.05) is 0 Å². The molecule has 0 bridgehead atoms. The van der Waals surface area contributed by atoms with E-state index in [0.717, 1.165) is 18.6 Å². The first kappa shape index (κ1) is 13.2. The van der Waals surface area contributed by atoms with Crippen molar-refractivity contribution in [3.63, 3.8) is 0 Å². The van der Waals surface area contributed by atoms with Gasteiger partial charge < -0.3 is 0 Å². The van der Waals surface area contributed by atoms with Crippen LogP contribution in [0.5, 0.6) is 0 Å². The zero-order valence-corrected chi connectivity index (χ0v) is 11.5. The second kappa shape index (κ2) is 6.62. The van der Waals surface area contributed by atoms with Crippen molar-refractivity contribution in [3.05, 3.63) is 59.7 Å². The summed E-state index contributed by atoms with van der Waals surface area (Å²) in [5, 5.41) is 5.44. The number of benzene rings is 2. The molecule has 0 spiro atoms. The Morgan fingerprint density at radius 1 is 0.833 bits per heavy atom. The quantitative estimate of drug-likeness (QED) is 0.817. The second-order valence-electron chi connectivity index (χ2n) is 4.37. The van der Waals surface area contributed by atoms with E-state index in [4.69, 9.17) is 5.14 Å². The highest BCUT2D eigenvalue weighted by atomic mass is 32.2. The van der Waals surface area contributed by atoms with Crippen LogP contribution in [-0.2, 0) is 12.8 Å². The number of aryl methyl sites for hydroxylation is 2. The predicted molar refractivity (Wildman–Crippen MR) is 81.6 cm³/mol. The molecular weight excluding hydrogens is 238 g/mol. The van der Waals surface area contributed by atoms with Crippen LogP contribution in [0.3, 0.4) is 0 Å². The van der Waals surface area contributed by atoms with Gasteiger partial charge in [0.2, 0.25) is 0 Å². The van der Waals surface area contributed by atoms with E-state index in [2.05, 4.69) is 55.5 Å². The summed E-state index contributed by atoms with van der Waals surface area (Å²) < 4.78 is 0. The zero-order valence-electron chi connectivity index (χ0n) is 10.7. The topological polar surface area (TPSA) is 26.0 Å². The van der Waals surface area contributed by atoms with E-state index >= 15 is 0 Å². The molecule has 0 fully saturated rings. The Balaban J connectivity index is 2.12. The fourth-order valence-electron chi connectivity index (χ4n) is 1.97. The molecule has 18 heavy (non-hydrogen) atoms. The molecule has 0 aliphatic carbocycles. The van der Waals surface area contributed by atoms with Gasteiger partial charge in [-0.1, -0.05) is 67.4 Å². The zero-order chi connectivity index (χ0) is 12.8. The van der Waals surface area contributed by atoms with E-state index < -0.39 is 0 Å². The van der Waals surface area contributed by atoms with Crippen LogP contribution < -0.4 is 5.14 Å². The van der Waals surface area contributed by atoms with E-state index in [1.165, 1.54) is 34.2 Å². The van der Waals surface area contributed by atoms with Gasteiger partial charge in [0.1, 0.15) is 0 Å². The van der Waals surface area contributed by atoms with Crippen LogP contribution in [0.2, 0.25) is 0 Å². The van der Waals surface area contributed by atoms with Crippen molar-refractivity contribution >= 4 is 11.9 Å². The molecule has 0 atom stereocenters. The van der Waals surface area contributed by atoms with Crippen LogP contribution in [0.1, 0.15) is 18.1 Å². The summed E-state index contributed by atoms with van der Waals surface area (Å²) in [6.07, 6.45) is 2.13. The third-order valence-electron chi connectivity index (χ3n) is 3.16. The van der Waals surface area contributed by atoms with E-state index in [9.17, 15) is 0 Å². The normalized spacial score (nSPS) is 10.6. The van der Waals surface area contributed by atoms with Gasteiger partial charge >= 0.3 is 0 Å². The second-order valence-corrected chi connectivity index (χ2v) is 5.11. The molecule has 0 unspecified atom stereocenters. The minimum Gasteiger partial charge on any atom is -0.278 e. The van der Waals surface area contributed by atoms with Gasteiger partial charge in [0, 0.05) is 5.75 Å². The molecule has 1 nitrogen and oxygen atoms in total. The van der Waals surface area contributed by atoms with Crippen molar-refractivity contribution in [2.75, 3.05) is 5.75 Å². The van der Waals surface area contributed by atoms with Gasteiger partial charge in [-0.25, -0.2) is 0 Å². The standard InChI is InChI=1S/C16H19NS/c1-2-13-3-7-15(8-4-13)16-9-5-14(6-10-16)11-12-18-17/h3-10H,2,11-12,17H2,1H3. The molecule has 2 rings (SSSR count). The van der Waals surface area contributed by atoms with Crippen molar-refractivity contribution < 1.29 is 0 Å². The number of hydrogen-bond acceptors (Lipinski definition) is 2. The molecule has 2 aromatic carbocycles. The summed E-state index contributed by atoms with van der Waals surface area (Å²) in [6.45, 7) is 2.18. The van der Waals surface area contributed by atoms with Gasteiger partial charge in [-0.2, -0.15) is 0 Å². The Bertz CT molecular complexity index is 473. The van der Waals surface area contributed by atoms with Gasteiger partial charge in [-0.05, 0) is 35.1 Å². The third kappa shape index (κ3) is 3.37.